The summed E-state index contributed by atoms with van der Waals surface area (Å²) in [5.74, 6) is -3.43. The number of urea groups is 1. The number of anilines is 1. The Morgan fingerprint density at radius 1 is 1.17 bits per heavy atom. The minimum atomic E-state index is -1.12. The summed E-state index contributed by atoms with van der Waals surface area (Å²) in [6.45, 7) is -0.613. The van der Waals surface area contributed by atoms with Crippen LogP contribution in [0.2, 0.25) is 5.02 Å². The predicted octanol–water partition coefficient (Wildman–Crippen LogP) is 3.13. The monoisotopic (exact) mass is 433 g/mol. The molecule has 4 rings (SSSR count). The minimum Gasteiger partial charge on any atom is -0.456 e. The Morgan fingerprint density at radius 2 is 1.90 bits per heavy atom. The number of rotatable bonds is 4. The molecule has 0 fully saturated rings. The van der Waals surface area contributed by atoms with Gasteiger partial charge in [-0.15, -0.1) is 0 Å². The van der Waals surface area contributed by atoms with Gasteiger partial charge in [-0.25, -0.2) is 18.4 Å². The molecule has 0 spiro atoms. The third kappa shape index (κ3) is 3.71. The molecule has 1 atom stereocenters. The van der Waals surface area contributed by atoms with Crippen molar-refractivity contribution in [3.63, 3.8) is 0 Å². The van der Waals surface area contributed by atoms with Crippen LogP contribution < -0.4 is 10.6 Å². The zero-order valence-electron chi connectivity index (χ0n) is 15.2. The van der Waals surface area contributed by atoms with Crippen molar-refractivity contribution in [1.29, 1.82) is 0 Å². The Hall–Kier alpha value is -3.46. The summed E-state index contributed by atoms with van der Waals surface area (Å²) in [5.41, 5.74) is 1.15. The first-order chi connectivity index (χ1) is 14.3. The number of nitrogens with zero attached hydrogens (tertiary/aromatic N) is 1. The number of nitrogens with one attached hydrogen (secondary N) is 2. The van der Waals surface area contributed by atoms with Gasteiger partial charge in [-0.1, -0.05) is 23.7 Å². The van der Waals surface area contributed by atoms with Crippen LogP contribution in [-0.2, 0) is 14.3 Å². The molecule has 10 heteroatoms. The van der Waals surface area contributed by atoms with Gasteiger partial charge in [0.25, 0.3) is 0 Å². The molecule has 2 heterocycles. The normalized spacial score (nSPS) is 18.1. The average molecular weight is 434 g/mol. The van der Waals surface area contributed by atoms with Crippen LogP contribution in [0.4, 0.5) is 19.3 Å². The maximum atomic E-state index is 13.3. The molecule has 2 aromatic rings. The van der Waals surface area contributed by atoms with Crippen molar-refractivity contribution < 1.29 is 27.9 Å². The maximum absolute atomic E-state index is 13.3. The molecule has 2 aliphatic rings. The van der Waals surface area contributed by atoms with Crippen molar-refractivity contribution in [3.8, 4) is 0 Å². The summed E-state index contributed by atoms with van der Waals surface area (Å²) in [7, 11) is 0. The molecule has 7 nitrogen and oxygen atoms in total. The molecule has 0 saturated heterocycles. The fourth-order valence-corrected chi connectivity index (χ4v) is 3.43. The molecule has 3 amide bonds. The quantitative estimate of drug-likeness (QED) is 0.725. The Bertz CT molecular complexity index is 1090. The first-order valence-electron chi connectivity index (χ1n) is 8.82. The number of ether oxygens (including phenoxy) is 1. The molecular weight excluding hydrogens is 420 g/mol. The van der Waals surface area contributed by atoms with Gasteiger partial charge >= 0.3 is 12.0 Å². The molecule has 30 heavy (non-hydrogen) atoms. The molecule has 0 aliphatic carbocycles. The van der Waals surface area contributed by atoms with Crippen molar-refractivity contribution in [2.24, 2.45) is 0 Å². The molecule has 0 saturated carbocycles. The van der Waals surface area contributed by atoms with Crippen molar-refractivity contribution in [2.75, 3.05) is 18.5 Å². The number of esters is 1. The van der Waals surface area contributed by atoms with Crippen LogP contribution in [0.25, 0.3) is 0 Å². The summed E-state index contributed by atoms with van der Waals surface area (Å²) < 4.78 is 31.4. The van der Waals surface area contributed by atoms with Crippen LogP contribution in [0.5, 0.6) is 0 Å². The topological polar surface area (TPSA) is 87.7 Å². The minimum absolute atomic E-state index is 0.0308. The van der Waals surface area contributed by atoms with Gasteiger partial charge in [-0.05, 0) is 29.8 Å². The van der Waals surface area contributed by atoms with Gasteiger partial charge in [-0.2, -0.15) is 0 Å². The second-order valence-electron chi connectivity index (χ2n) is 6.63. The zero-order valence-corrected chi connectivity index (χ0v) is 16.0. The number of benzene rings is 2. The highest BCUT2D eigenvalue weighted by Crippen LogP contribution is 2.35. The maximum Gasteiger partial charge on any atom is 0.338 e. The Morgan fingerprint density at radius 3 is 2.60 bits per heavy atom. The molecule has 154 valence electrons. The SMILES string of the molecule is O=C(CN1C(=O)NC(c2ccc(Cl)cc2)C2=C1COC2=O)Nc1ccc(F)c(F)c1. The van der Waals surface area contributed by atoms with Gasteiger partial charge in [0.2, 0.25) is 5.91 Å². The van der Waals surface area contributed by atoms with E-state index in [2.05, 4.69) is 10.6 Å². The predicted molar refractivity (Wildman–Crippen MR) is 102 cm³/mol. The van der Waals surface area contributed by atoms with E-state index in [0.717, 1.165) is 17.0 Å². The molecular formula is C20H14ClF2N3O4. The second-order valence-corrected chi connectivity index (χ2v) is 7.07. The van der Waals surface area contributed by atoms with Gasteiger partial charge < -0.3 is 15.4 Å². The number of halogens is 3. The second kappa shape index (κ2) is 7.75. The molecule has 0 bridgehead atoms. The average Bonchev–Trinajstić information content (AvgIpc) is 3.09. The van der Waals surface area contributed by atoms with Crippen LogP contribution in [0.15, 0.2) is 53.7 Å². The lowest BCUT2D eigenvalue weighted by molar-refractivity contribution is -0.136. The molecule has 0 aromatic heterocycles. The number of cyclic esters (lactones) is 1. The Labute approximate surface area is 174 Å². The van der Waals surface area contributed by atoms with E-state index in [4.69, 9.17) is 16.3 Å². The van der Waals surface area contributed by atoms with Crippen LogP contribution in [0.3, 0.4) is 0 Å². The van der Waals surface area contributed by atoms with Gasteiger partial charge in [-0.3, -0.25) is 9.69 Å². The van der Waals surface area contributed by atoms with E-state index in [1.54, 1.807) is 24.3 Å². The highest BCUT2D eigenvalue weighted by atomic mass is 35.5. The standard InChI is InChI=1S/C20H14ClF2N3O4/c21-11-3-1-10(2-4-11)18-17-15(9-30-19(17)28)26(20(29)25-18)8-16(27)24-12-5-6-13(22)14(23)7-12/h1-7,18H,8-9H2,(H,24,27)(H,25,29). The van der Waals surface area contributed by atoms with Crippen LogP contribution >= 0.6 is 11.6 Å². The fraction of sp³-hybridized carbons (Fsp3) is 0.150. The van der Waals surface area contributed by atoms with Crippen molar-refractivity contribution in [1.82, 2.24) is 10.2 Å². The van der Waals surface area contributed by atoms with Crippen molar-refractivity contribution in [2.45, 2.75) is 6.04 Å². The van der Waals surface area contributed by atoms with Crippen molar-refractivity contribution in [3.05, 3.63) is 76.0 Å². The van der Waals surface area contributed by atoms with E-state index in [9.17, 15) is 23.2 Å². The number of hydrogen-bond acceptors (Lipinski definition) is 4. The van der Waals surface area contributed by atoms with E-state index >= 15 is 0 Å². The highest BCUT2D eigenvalue weighted by Gasteiger charge is 2.42. The lowest BCUT2D eigenvalue weighted by atomic mass is 9.96. The van der Waals surface area contributed by atoms with Crippen molar-refractivity contribution >= 4 is 35.2 Å². The number of amides is 3. The van der Waals surface area contributed by atoms with Gasteiger partial charge in [0.1, 0.15) is 13.2 Å². The van der Waals surface area contributed by atoms with Crippen LogP contribution in [0, 0.1) is 11.6 Å². The molecule has 1 unspecified atom stereocenters. The third-order valence-corrected chi connectivity index (χ3v) is 4.96. The lowest BCUT2D eigenvalue weighted by Gasteiger charge is -2.32. The lowest BCUT2D eigenvalue weighted by Crippen LogP contribution is -2.49. The molecule has 2 N–H and O–H groups in total. The van der Waals surface area contributed by atoms with E-state index in [0.29, 0.717) is 10.6 Å². The molecule has 0 radical (unpaired) electrons. The van der Waals surface area contributed by atoms with E-state index in [1.165, 1.54) is 6.07 Å². The smallest absolute Gasteiger partial charge is 0.338 e. The van der Waals surface area contributed by atoms with Gasteiger partial charge in [0.15, 0.2) is 11.6 Å². The number of hydrogen-bond donors (Lipinski definition) is 2. The number of carbonyl (C=O) groups excluding carboxylic acids is 3. The van der Waals surface area contributed by atoms with Crippen LogP contribution in [-0.4, -0.2) is 36.0 Å². The fourth-order valence-electron chi connectivity index (χ4n) is 3.30. The zero-order chi connectivity index (χ0) is 21.4. The third-order valence-electron chi connectivity index (χ3n) is 4.71. The Kier molecular flexibility index (Phi) is 5.13. The summed E-state index contributed by atoms with van der Waals surface area (Å²) in [6.07, 6.45) is 0. The first-order valence-corrected chi connectivity index (χ1v) is 9.20. The van der Waals surface area contributed by atoms with Gasteiger partial charge in [0.05, 0.1) is 17.3 Å². The van der Waals surface area contributed by atoms with E-state index in [1.807, 2.05) is 0 Å². The summed E-state index contributed by atoms with van der Waals surface area (Å²) >= 11 is 5.90. The summed E-state index contributed by atoms with van der Waals surface area (Å²) in [4.78, 5) is 38.4. The summed E-state index contributed by atoms with van der Waals surface area (Å²) in [5, 5.41) is 5.57. The number of carbonyl (C=O) groups is 3. The van der Waals surface area contributed by atoms with Crippen LogP contribution in [0.1, 0.15) is 11.6 Å². The van der Waals surface area contributed by atoms with E-state index in [-0.39, 0.29) is 23.6 Å². The van der Waals surface area contributed by atoms with Gasteiger partial charge in [0, 0.05) is 16.8 Å². The first kappa shape index (κ1) is 19.8. The molecule has 2 aromatic carbocycles. The molecule has 2 aliphatic heterocycles. The van der Waals surface area contributed by atoms with E-state index < -0.39 is 42.1 Å². The Balaban J connectivity index is 1.58. The highest BCUT2D eigenvalue weighted by molar-refractivity contribution is 6.30. The largest absolute Gasteiger partial charge is 0.456 e. The summed E-state index contributed by atoms with van der Waals surface area (Å²) in [6, 6.07) is 8.15.